The van der Waals surface area contributed by atoms with E-state index in [0.29, 0.717) is 16.1 Å². The summed E-state index contributed by atoms with van der Waals surface area (Å²) >= 11 is 5.82. The van der Waals surface area contributed by atoms with E-state index >= 15 is 0 Å². The summed E-state index contributed by atoms with van der Waals surface area (Å²) in [6.07, 6.45) is -0.246. The number of hydrogen-bond donors (Lipinski definition) is 2. The molecule has 1 aromatic carbocycles. The summed E-state index contributed by atoms with van der Waals surface area (Å²) in [5.74, 6) is -0.777. The first-order valence-electron chi connectivity index (χ1n) is 6.01. The highest BCUT2D eigenvalue weighted by Crippen LogP contribution is 2.18. The molecule has 0 saturated heterocycles. The maximum atomic E-state index is 12.2. The Labute approximate surface area is 123 Å². The first-order valence-corrected chi connectivity index (χ1v) is 6.39. The zero-order chi connectivity index (χ0) is 15.0. The van der Waals surface area contributed by atoms with E-state index in [0.717, 1.165) is 0 Å². The molecule has 3 aromatic rings. The summed E-state index contributed by atoms with van der Waals surface area (Å²) in [7, 11) is 0. The SMILES string of the molecule is O=C(c1nc2ccc(Cl)cc2[nH]c1=O)[C@H](O)c1ccco1. The van der Waals surface area contributed by atoms with Crippen molar-refractivity contribution in [3.8, 4) is 0 Å². The molecular weight excluding hydrogens is 296 g/mol. The topological polar surface area (TPSA) is 96.2 Å². The number of ketones is 1. The van der Waals surface area contributed by atoms with Gasteiger partial charge in [0.15, 0.2) is 11.8 Å². The molecule has 0 aliphatic rings. The number of carbonyl (C=O) groups is 1. The van der Waals surface area contributed by atoms with Crippen LogP contribution >= 0.6 is 11.6 Å². The molecule has 21 heavy (non-hydrogen) atoms. The number of fused-ring (bicyclic) bond motifs is 1. The van der Waals surface area contributed by atoms with E-state index in [4.69, 9.17) is 16.0 Å². The molecule has 0 aliphatic heterocycles. The molecule has 0 amide bonds. The molecule has 0 fully saturated rings. The Balaban J connectivity index is 2.08. The van der Waals surface area contributed by atoms with Crippen molar-refractivity contribution in [2.45, 2.75) is 6.10 Å². The van der Waals surface area contributed by atoms with E-state index in [1.807, 2.05) is 0 Å². The zero-order valence-corrected chi connectivity index (χ0v) is 11.3. The van der Waals surface area contributed by atoms with Gasteiger partial charge in [-0.15, -0.1) is 0 Å². The zero-order valence-electron chi connectivity index (χ0n) is 10.5. The predicted octanol–water partition coefficient (Wildman–Crippen LogP) is 2.09. The number of rotatable bonds is 3. The molecule has 0 bridgehead atoms. The lowest BCUT2D eigenvalue weighted by Gasteiger charge is -2.06. The van der Waals surface area contributed by atoms with E-state index < -0.39 is 17.4 Å². The number of hydrogen-bond acceptors (Lipinski definition) is 5. The molecular formula is C14H9ClN2O4. The second-order valence-corrected chi connectivity index (χ2v) is 4.79. The third-order valence-corrected chi connectivity index (χ3v) is 3.18. The van der Waals surface area contributed by atoms with Gasteiger partial charge in [-0.1, -0.05) is 11.6 Å². The number of Topliss-reactive ketones (excluding diaryl/α,β-unsaturated/α-hetero) is 1. The molecule has 0 spiro atoms. The maximum absolute atomic E-state index is 12.2. The van der Waals surface area contributed by atoms with E-state index in [2.05, 4.69) is 9.97 Å². The van der Waals surface area contributed by atoms with Crippen molar-refractivity contribution >= 4 is 28.4 Å². The number of aliphatic hydroxyl groups is 1. The van der Waals surface area contributed by atoms with Gasteiger partial charge in [-0.2, -0.15) is 0 Å². The second kappa shape index (κ2) is 5.16. The number of carbonyl (C=O) groups excluding carboxylic acids is 1. The molecule has 0 saturated carbocycles. The number of halogens is 1. The largest absolute Gasteiger partial charge is 0.466 e. The van der Waals surface area contributed by atoms with Gasteiger partial charge in [-0.05, 0) is 30.3 Å². The normalized spacial score (nSPS) is 12.5. The Morgan fingerprint density at radius 2 is 2.19 bits per heavy atom. The average molecular weight is 305 g/mol. The Kier molecular flexibility index (Phi) is 3.32. The van der Waals surface area contributed by atoms with Crippen molar-refractivity contribution < 1.29 is 14.3 Å². The van der Waals surface area contributed by atoms with E-state index in [9.17, 15) is 14.7 Å². The van der Waals surface area contributed by atoms with E-state index in [1.165, 1.54) is 24.5 Å². The Morgan fingerprint density at radius 1 is 1.38 bits per heavy atom. The van der Waals surface area contributed by atoms with Gasteiger partial charge in [0, 0.05) is 5.02 Å². The smallest absolute Gasteiger partial charge is 0.278 e. The fourth-order valence-electron chi connectivity index (χ4n) is 1.93. The highest BCUT2D eigenvalue weighted by atomic mass is 35.5. The molecule has 6 nitrogen and oxygen atoms in total. The summed E-state index contributed by atoms with van der Waals surface area (Å²) < 4.78 is 4.95. The van der Waals surface area contributed by atoms with Crippen LogP contribution in [0.15, 0.2) is 45.8 Å². The van der Waals surface area contributed by atoms with E-state index in [-0.39, 0.29) is 11.5 Å². The van der Waals surface area contributed by atoms with Crippen molar-refractivity contribution in [2.75, 3.05) is 0 Å². The minimum absolute atomic E-state index is 0.0532. The van der Waals surface area contributed by atoms with E-state index in [1.54, 1.807) is 12.1 Å². The van der Waals surface area contributed by atoms with Crippen molar-refractivity contribution in [1.82, 2.24) is 9.97 Å². The molecule has 0 aliphatic carbocycles. The number of furan rings is 1. The number of aromatic amines is 1. The molecule has 2 N–H and O–H groups in total. The summed E-state index contributed by atoms with van der Waals surface area (Å²) in [6.45, 7) is 0. The lowest BCUT2D eigenvalue weighted by Crippen LogP contribution is -2.24. The molecule has 7 heteroatoms. The van der Waals surface area contributed by atoms with Gasteiger partial charge in [0.1, 0.15) is 5.76 Å². The summed E-state index contributed by atoms with van der Waals surface area (Å²) in [5, 5.41) is 10.4. The summed E-state index contributed by atoms with van der Waals surface area (Å²) in [5.41, 5.74) is -0.264. The van der Waals surface area contributed by atoms with Crippen molar-refractivity contribution in [1.29, 1.82) is 0 Å². The molecule has 0 radical (unpaired) electrons. The van der Waals surface area contributed by atoms with Crippen LogP contribution in [-0.2, 0) is 0 Å². The quantitative estimate of drug-likeness (QED) is 0.722. The van der Waals surface area contributed by atoms with Gasteiger partial charge < -0.3 is 14.5 Å². The number of aromatic nitrogens is 2. The first-order chi connectivity index (χ1) is 10.1. The lowest BCUT2D eigenvalue weighted by atomic mass is 10.1. The highest BCUT2D eigenvalue weighted by Gasteiger charge is 2.25. The van der Waals surface area contributed by atoms with Crippen molar-refractivity contribution in [2.24, 2.45) is 0 Å². The van der Waals surface area contributed by atoms with Crippen molar-refractivity contribution in [3.05, 3.63) is 63.4 Å². The standard InChI is InChI=1S/C14H9ClN2O4/c15-7-3-4-8-9(6-7)17-14(20)11(16-8)13(19)12(18)10-2-1-5-21-10/h1-6,12,18H,(H,17,20)/t12-/m1/s1. The fraction of sp³-hybridized carbons (Fsp3) is 0.0714. The van der Waals surface area contributed by atoms with Crippen LogP contribution < -0.4 is 5.56 Å². The minimum atomic E-state index is -1.57. The fourth-order valence-corrected chi connectivity index (χ4v) is 2.10. The van der Waals surface area contributed by atoms with Crippen LogP contribution in [-0.4, -0.2) is 20.9 Å². The van der Waals surface area contributed by atoms with Crippen LogP contribution in [0, 0.1) is 0 Å². The number of benzene rings is 1. The molecule has 2 heterocycles. The summed E-state index contributed by atoms with van der Waals surface area (Å²) in [4.78, 5) is 30.6. The van der Waals surface area contributed by atoms with Crippen molar-refractivity contribution in [3.63, 3.8) is 0 Å². The van der Waals surface area contributed by atoms with Gasteiger partial charge >= 0.3 is 0 Å². The van der Waals surface area contributed by atoms with Crippen LogP contribution in [0.2, 0.25) is 5.02 Å². The van der Waals surface area contributed by atoms with Gasteiger partial charge in [-0.25, -0.2) is 4.98 Å². The van der Waals surface area contributed by atoms with Crippen LogP contribution in [0.25, 0.3) is 11.0 Å². The van der Waals surface area contributed by atoms with Gasteiger partial charge in [0.25, 0.3) is 5.56 Å². The number of nitrogens with one attached hydrogen (secondary N) is 1. The van der Waals surface area contributed by atoms with Crippen LogP contribution in [0.3, 0.4) is 0 Å². The second-order valence-electron chi connectivity index (χ2n) is 4.36. The third-order valence-electron chi connectivity index (χ3n) is 2.95. The average Bonchev–Trinajstić information content (AvgIpc) is 2.99. The van der Waals surface area contributed by atoms with Gasteiger partial charge in [0.05, 0.1) is 17.3 Å². The van der Waals surface area contributed by atoms with Gasteiger partial charge in [0.2, 0.25) is 5.78 Å². The summed E-state index contributed by atoms with van der Waals surface area (Å²) in [6, 6.07) is 7.67. The highest BCUT2D eigenvalue weighted by molar-refractivity contribution is 6.31. The number of nitrogens with zero attached hydrogens (tertiary/aromatic N) is 1. The third kappa shape index (κ3) is 2.46. The minimum Gasteiger partial charge on any atom is -0.466 e. The van der Waals surface area contributed by atoms with Crippen LogP contribution in [0.5, 0.6) is 0 Å². The monoisotopic (exact) mass is 304 g/mol. The van der Waals surface area contributed by atoms with Gasteiger partial charge in [-0.3, -0.25) is 9.59 Å². The molecule has 106 valence electrons. The molecule has 0 unspecified atom stereocenters. The Hall–Kier alpha value is -2.44. The Morgan fingerprint density at radius 3 is 2.90 bits per heavy atom. The number of aliphatic hydroxyl groups excluding tert-OH is 1. The maximum Gasteiger partial charge on any atom is 0.278 e. The van der Waals surface area contributed by atoms with Crippen LogP contribution in [0.4, 0.5) is 0 Å². The number of H-pyrrole nitrogens is 1. The lowest BCUT2D eigenvalue weighted by molar-refractivity contribution is 0.0696. The first kappa shape index (κ1) is 13.5. The molecule has 1 atom stereocenters. The predicted molar refractivity (Wildman–Crippen MR) is 75.4 cm³/mol. The Bertz CT molecular complexity index is 870. The molecule has 3 rings (SSSR count). The molecule has 2 aromatic heterocycles. The van der Waals surface area contributed by atoms with Crippen LogP contribution in [0.1, 0.15) is 22.4 Å².